The van der Waals surface area contributed by atoms with E-state index >= 15 is 0 Å². The van der Waals surface area contributed by atoms with Gasteiger partial charge >= 0.3 is 12.0 Å². The van der Waals surface area contributed by atoms with Crippen molar-refractivity contribution in [1.29, 1.82) is 0 Å². The molecule has 2 N–H and O–H groups in total. The van der Waals surface area contributed by atoms with E-state index in [2.05, 4.69) is 15.0 Å². The number of nitrogens with one attached hydrogen (secondary N) is 1. The molecule has 1 heterocycles. The van der Waals surface area contributed by atoms with Crippen LogP contribution in [0.2, 0.25) is 0 Å². The zero-order valence-corrected chi connectivity index (χ0v) is 12.0. The third-order valence-corrected chi connectivity index (χ3v) is 3.35. The summed E-state index contributed by atoms with van der Waals surface area (Å²) in [5, 5.41) is 10.5. The van der Waals surface area contributed by atoms with Gasteiger partial charge in [-0.3, -0.25) is 15.0 Å². The van der Waals surface area contributed by atoms with Crippen LogP contribution in [0.25, 0.3) is 0 Å². The summed E-state index contributed by atoms with van der Waals surface area (Å²) < 4.78 is 4.61. The molecule has 1 rings (SSSR count). The maximum atomic E-state index is 11.9. The van der Waals surface area contributed by atoms with Gasteiger partial charge in [-0.1, -0.05) is 0 Å². The number of carbonyl (C=O) groups is 3. The number of urea groups is 1. The zero-order chi connectivity index (χ0) is 15.3. The lowest BCUT2D eigenvalue weighted by Gasteiger charge is -2.42. The van der Waals surface area contributed by atoms with E-state index in [-0.39, 0.29) is 12.1 Å². The van der Waals surface area contributed by atoms with Crippen LogP contribution < -0.4 is 5.32 Å². The van der Waals surface area contributed by atoms with Gasteiger partial charge in [-0.2, -0.15) is 0 Å². The molecular weight excluding hydrogens is 266 g/mol. The number of aliphatic carboxylic acids is 1. The molecule has 0 radical (unpaired) electrons. The second-order valence-corrected chi connectivity index (χ2v) is 5.01. The van der Waals surface area contributed by atoms with E-state index in [1.54, 1.807) is 4.90 Å². The summed E-state index contributed by atoms with van der Waals surface area (Å²) in [6.07, 6.45) is 0. The molecule has 114 valence electrons. The highest BCUT2D eigenvalue weighted by Crippen LogP contribution is 2.12. The van der Waals surface area contributed by atoms with Gasteiger partial charge in [-0.15, -0.1) is 0 Å². The highest BCUT2D eigenvalue weighted by Gasteiger charge is 2.29. The number of hydrogen-bond donors (Lipinski definition) is 2. The van der Waals surface area contributed by atoms with Crippen LogP contribution in [0.15, 0.2) is 0 Å². The standard InChI is InChI=1S/C12H21N3O5/c1-8-4-15(5-9(2)14(8)3)12(19)13-10(16)6-20-7-11(17)18/h8-9H,4-7H2,1-3H3,(H,17,18)(H,13,16,19). The van der Waals surface area contributed by atoms with Crippen LogP contribution in [0, 0.1) is 0 Å². The van der Waals surface area contributed by atoms with Gasteiger partial charge < -0.3 is 14.7 Å². The van der Waals surface area contributed by atoms with E-state index in [1.807, 2.05) is 20.9 Å². The van der Waals surface area contributed by atoms with Crippen molar-refractivity contribution in [3.05, 3.63) is 0 Å². The van der Waals surface area contributed by atoms with Crippen molar-refractivity contribution < 1.29 is 24.2 Å². The van der Waals surface area contributed by atoms with Crippen molar-refractivity contribution in [2.75, 3.05) is 33.4 Å². The number of rotatable bonds is 4. The molecule has 2 unspecified atom stereocenters. The van der Waals surface area contributed by atoms with Crippen LogP contribution in [0.3, 0.4) is 0 Å². The molecule has 8 heteroatoms. The van der Waals surface area contributed by atoms with Gasteiger partial charge in [0, 0.05) is 25.2 Å². The summed E-state index contributed by atoms with van der Waals surface area (Å²) >= 11 is 0. The molecule has 1 aliphatic heterocycles. The lowest BCUT2D eigenvalue weighted by molar-refractivity contribution is -0.143. The molecule has 1 saturated heterocycles. The first kappa shape index (κ1) is 16.4. The molecule has 20 heavy (non-hydrogen) atoms. The third-order valence-electron chi connectivity index (χ3n) is 3.35. The first-order valence-electron chi connectivity index (χ1n) is 6.41. The Morgan fingerprint density at radius 3 is 2.25 bits per heavy atom. The fourth-order valence-corrected chi connectivity index (χ4v) is 2.04. The van der Waals surface area contributed by atoms with Gasteiger partial charge in [-0.05, 0) is 20.9 Å². The maximum absolute atomic E-state index is 11.9. The first-order chi connectivity index (χ1) is 9.31. The Hall–Kier alpha value is -1.67. The molecule has 1 aliphatic rings. The Labute approximate surface area is 117 Å². The summed E-state index contributed by atoms with van der Waals surface area (Å²) in [5.41, 5.74) is 0. The SMILES string of the molecule is CC1CN(C(=O)NC(=O)COCC(=O)O)CC(C)N1C. The number of ether oxygens (including phenoxy) is 1. The molecule has 0 aromatic heterocycles. The van der Waals surface area contributed by atoms with Crippen molar-refractivity contribution in [1.82, 2.24) is 15.1 Å². The Morgan fingerprint density at radius 1 is 1.20 bits per heavy atom. The van der Waals surface area contributed by atoms with Gasteiger partial charge in [0.1, 0.15) is 13.2 Å². The van der Waals surface area contributed by atoms with Crippen molar-refractivity contribution in [2.24, 2.45) is 0 Å². The molecule has 0 bridgehead atoms. The Morgan fingerprint density at radius 2 is 1.75 bits per heavy atom. The predicted octanol–water partition coefficient (Wildman–Crippen LogP) is -0.652. The van der Waals surface area contributed by atoms with Crippen LogP contribution >= 0.6 is 0 Å². The highest BCUT2D eigenvalue weighted by atomic mass is 16.5. The van der Waals surface area contributed by atoms with E-state index in [1.165, 1.54) is 0 Å². The number of imide groups is 1. The van der Waals surface area contributed by atoms with Crippen LogP contribution in [0.4, 0.5) is 4.79 Å². The average Bonchev–Trinajstić information content (AvgIpc) is 2.34. The van der Waals surface area contributed by atoms with Gasteiger partial charge in [0.25, 0.3) is 5.91 Å². The molecule has 3 amide bonds. The summed E-state index contributed by atoms with van der Waals surface area (Å²) in [4.78, 5) is 37.3. The fraction of sp³-hybridized carbons (Fsp3) is 0.750. The molecule has 0 aliphatic carbocycles. The minimum atomic E-state index is -1.16. The van der Waals surface area contributed by atoms with Crippen LogP contribution in [-0.4, -0.2) is 78.2 Å². The summed E-state index contributed by atoms with van der Waals surface area (Å²) in [7, 11) is 2.00. The lowest BCUT2D eigenvalue weighted by Crippen LogP contribution is -2.59. The Kier molecular flexibility index (Phi) is 5.90. The van der Waals surface area contributed by atoms with Gasteiger partial charge in [0.05, 0.1) is 0 Å². The fourth-order valence-electron chi connectivity index (χ4n) is 2.04. The van der Waals surface area contributed by atoms with E-state index in [0.29, 0.717) is 13.1 Å². The minimum Gasteiger partial charge on any atom is -0.480 e. The number of carboxylic acid groups (broad SMARTS) is 1. The summed E-state index contributed by atoms with van der Waals surface area (Å²) in [5.74, 6) is -1.80. The number of carbonyl (C=O) groups excluding carboxylic acids is 2. The second-order valence-electron chi connectivity index (χ2n) is 5.01. The molecular formula is C12H21N3O5. The summed E-state index contributed by atoms with van der Waals surface area (Å²) in [6.45, 7) is 4.08. The normalized spacial score (nSPS) is 23.4. The predicted molar refractivity (Wildman–Crippen MR) is 70.3 cm³/mol. The number of hydrogen-bond acceptors (Lipinski definition) is 5. The van der Waals surface area contributed by atoms with E-state index < -0.39 is 31.1 Å². The summed E-state index contributed by atoms with van der Waals surface area (Å²) in [6, 6.07) is -0.0496. The van der Waals surface area contributed by atoms with Gasteiger partial charge in [-0.25, -0.2) is 9.59 Å². The number of likely N-dealkylation sites (N-methyl/N-ethyl adjacent to an activating group) is 1. The largest absolute Gasteiger partial charge is 0.480 e. The molecule has 0 aromatic rings. The van der Waals surface area contributed by atoms with Crippen molar-refractivity contribution >= 4 is 17.9 Å². The quantitative estimate of drug-likeness (QED) is 0.713. The lowest BCUT2D eigenvalue weighted by atomic mass is 10.1. The Balaban J connectivity index is 2.38. The first-order valence-corrected chi connectivity index (χ1v) is 6.41. The number of piperazine rings is 1. The smallest absolute Gasteiger partial charge is 0.329 e. The van der Waals surface area contributed by atoms with Crippen molar-refractivity contribution in [3.8, 4) is 0 Å². The van der Waals surface area contributed by atoms with E-state index in [9.17, 15) is 14.4 Å². The molecule has 2 atom stereocenters. The molecule has 0 aromatic carbocycles. The van der Waals surface area contributed by atoms with Crippen molar-refractivity contribution in [2.45, 2.75) is 25.9 Å². The molecule has 0 spiro atoms. The van der Waals surface area contributed by atoms with E-state index in [4.69, 9.17) is 5.11 Å². The van der Waals surface area contributed by atoms with Crippen LogP contribution in [0.5, 0.6) is 0 Å². The van der Waals surface area contributed by atoms with Gasteiger partial charge in [0.2, 0.25) is 0 Å². The topological polar surface area (TPSA) is 99.2 Å². The van der Waals surface area contributed by atoms with Crippen molar-refractivity contribution in [3.63, 3.8) is 0 Å². The third kappa shape index (κ3) is 4.78. The minimum absolute atomic E-state index is 0.211. The van der Waals surface area contributed by atoms with Crippen LogP contribution in [0.1, 0.15) is 13.8 Å². The monoisotopic (exact) mass is 287 g/mol. The number of carboxylic acids is 1. The number of nitrogens with zero attached hydrogens (tertiary/aromatic N) is 2. The van der Waals surface area contributed by atoms with Gasteiger partial charge in [0.15, 0.2) is 0 Å². The van der Waals surface area contributed by atoms with E-state index in [0.717, 1.165) is 0 Å². The van der Waals surface area contributed by atoms with Crippen LogP contribution in [-0.2, 0) is 14.3 Å². The molecule has 1 fully saturated rings. The average molecular weight is 287 g/mol. The Bertz CT molecular complexity index is 375. The zero-order valence-electron chi connectivity index (χ0n) is 12.0. The maximum Gasteiger partial charge on any atom is 0.329 e. The highest BCUT2D eigenvalue weighted by molar-refractivity contribution is 5.95. The number of amides is 3. The molecule has 0 saturated carbocycles. The second kappa shape index (κ2) is 7.20. The molecule has 8 nitrogen and oxygen atoms in total.